The van der Waals surface area contributed by atoms with Gasteiger partial charge in [0.05, 0.1) is 11.4 Å². The third kappa shape index (κ3) is 0.862. The van der Waals surface area contributed by atoms with Crippen molar-refractivity contribution < 1.29 is 0 Å². The second-order valence-corrected chi connectivity index (χ2v) is 2.97. The molecular weight excluding hydrogens is 136 g/mol. The van der Waals surface area contributed by atoms with Gasteiger partial charge >= 0.3 is 0 Å². The predicted molar refractivity (Wildman–Crippen MR) is 45.7 cm³/mol. The highest BCUT2D eigenvalue weighted by Gasteiger charge is 2.19. The molecule has 2 heteroatoms. The molecule has 0 saturated heterocycles. The lowest BCUT2D eigenvalue weighted by molar-refractivity contribution is 0.466. The molecule has 0 aromatic carbocycles. The normalized spacial score (nSPS) is 21.6. The summed E-state index contributed by atoms with van der Waals surface area (Å²) in [5.74, 6) is 0. The fraction of sp³-hybridized carbons (Fsp3) is 0.333. The molecule has 0 saturated carbocycles. The number of nitrogens with zero attached hydrogens (tertiary/aromatic N) is 2. The Kier molecular flexibility index (Phi) is 1.28. The van der Waals surface area contributed by atoms with Crippen LogP contribution >= 0.6 is 0 Å². The third-order valence-electron chi connectivity index (χ3n) is 2.18. The number of rotatable bonds is 0. The fourth-order valence-corrected chi connectivity index (χ4v) is 1.50. The molecule has 0 aromatic rings. The molecule has 0 aliphatic carbocycles. The topological polar surface area (TPSA) is 6.48 Å². The van der Waals surface area contributed by atoms with Gasteiger partial charge in [0.15, 0.2) is 0 Å². The van der Waals surface area contributed by atoms with Gasteiger partial charge in [-0.05, 0) is 18.2 Å². The summed E-state index contributed by atoms with van der Waals surface area (Å²) in [6.07, 6.45) is 8.55. The van der Waals surface area contributed by atoms with Crippen LogP contribution in [0.1, 0.15) is 0 Å². The van der Waals surface area contributed by atoms with Crippen LogP contribution in [-0.4, -0.2) is 30.4 Å². The second-order valence-electron chi connectivity index (χ2n) is 2.97. The lowest BCUT2D eigenvalue weighted by atomic mass is 10.2. The van der Waals surface area contributed by atoms with E-state index in [9.17, 15) is 0 Å². The van der Waals surface area contributed by atoms with Gasteiger partial charge in [-0.15, -0.1) is 0 Å². The van der Waals surface area contributed by atoms with Crippen LogP contribution in [0.3, 0.4) is 0 Å². The highest BCUT2D eigenvalue weighted by Crippen LogP contribution is 2.25. The van der Waals surface area contributed by atoms with Gasteiger partial charge < -0.3 is 9.80 Å². The molecule has 0 radical (unpaired) electrons. The molecule has 11 heavy (non-hydrogen) atoms. The molecule has 0 fully saturated rings. The van der Waals surface area contributed by atoms with Crippen molar-refractivity contribution in [3.63, 3.8) is 0 Å². The molecule has 2 aliphatic rings. The Labute approximate surface area is 67.1 Å². The van der Waals surface area contributed by atoms with Crippen LogP contribution in [0.15, 0.2) is 35.8 Å². The Morgan fingerprint density at radius 2 is 2.09 bits per heavy atom. The van der Waals surface area contributed by atoms with Crippen LogP contribution in [-0.2, 0) is 0 Å². The van der Waals surface area contributed by atoms with Crippen molar-refractivity contribution in [1.29, 1.82) is 0 Å². The van der Waals surface area contributed by atoms with Crippen LogP contribution < -0.4 is 0 Å². The Bertz CT molecular complexity index is 261. The van der Waals surface area contributed by atoms with Crippen molar-refractivity contribution in [2.24, 2.45) is 0 Å². The lowest BCUT2D eigenvalue weighted by Gasteiger charge is -2.23. The minimum atomic E-state index is 1.03. The average molecular weight is 148 g/mol. The molecule has 0 aromatic heterocycles. The number of fused-ring (bicyclic) bond motifs is 1. The van der Waals surface area contributed by atoms with Gasteiger partial charge in [0.1, 0.15) is 0 Å². The molecule has 0 atom stereocenters. The first-order chi connectivity index (χ1) is 5.29. The largest absolute Gasteiger partial charge is 0.369 e. The van der Waals surface area contributed by atoms with Gasteiger partial charge in [0.2, 0.25) is 0 Å². The van der Waals surface area contributed by atoms with E-state index in [4.69, 9.17) is 0 Å². The van der Waals surface area contributed by atoms with E-state index in [1.54, 1.807) is 0 Å². The summed E-state index contributed by atoms with van der Waals surface area (Å²) in [7, 11) is 4.19. The summed E-state index contributed by atoms with van der Waals surface area (Å²) in [6.45, 7) is 1.03. The second kappa shape index (κ2) is 2.16. The summed E-state index contributed by atoms with van der Waals surface area (Å²) in [6, 6.07) is 0. The molecule has 0 unspecified atom stereocenters. The maximum atomic E-state index is 2.25. The Morgan fingerprint density at radius 1 is 1.27 bits per heavy atom. The summed E-state index contributed by atoms with van der Waals surface area (Å²) in [4.78, 5) is 4.40. The first kappa shape index (κ1) is 6.53. The van der Waals surface area contributed by atoms with Gasteiger partial charge in [0.25, 0.3) is 0 Å². The highest BCUT2D eigenvalue weighted by atomic mass is 15.2. The van der Waals surface area contributed by atoms with Crippen molar-refractivity contribution in [2.45, 2.75) is 0 Å². The zero-order chi connectivity index (χ0) is 7.84. The van der Waals surface area contributed by atoms with Gasteiger partial charge in [0, 0.05) is 26.8 Å². The van der Waals surface area contributed by atoms with E-state index in [1.165, 1.54) is 11.4 Å². The number of allylic oxidation sites excluding steroid dienone is 2. The highest BCUT2D eigenvalue weighted by molar-refractivity contribution is 5.40. The fourth-order valence-electron chi connectivity index (χ4n) is 1.50. The Morgan fingerprint density at radius 3 is 2.82 bits per heavy atom. The van der Waals surface area contributed by atoms with Gasteiger partial charge in [-0.3, -0.25) is 0 Å². The maximum absolute atomic E-state index is 2.25. The van der Waals surface area contributed by atoms with Gasteiger partial charge in [-0.2, -0.15) is 0 Å². The third-order valence-corrected chi connectivity index (χ3v) is 2.18. The van der Waals surface area contributed by atoms with Crippen LogP contribution in [0.4, 0.5) is 0 Å². The standard InChI is InChI=1S/C9H12N2/c1-10-6-3-4-8-9(10)5-7-11(8)2/h3-6H,7H2,1-2H3. The van der Waals surface area contributed by atoms with Crippen molar-refractivity contribution in [2.75, 3.05) is 20.6 Å². The number of likely N-dealkylation sites (N-methyl/N-ethyl adjacent to an activating group) is 2. The molecule has 2 aliphatic heterocycles. The van der Waals surface area contributed by atoms with E-state index in [0.29, 0.717) is 0 Å². The molecule has 0 spiro atoms. The molecule has 2 heterocycles. The minimum Gasteiger partial charge on any atom is -0.369 e. The van der Waals surface area contributed by atoms with E-state index in [0.717, 1.165) is 6.54 Å². The molecule has 2 rings (SSSR count). The first-order valence-electron chi connectivity index (χ1n) is 3.82. The van der Waals surface area contributed by atoms with E-state index >= 15 is 0 Å². The summed E-state index contributed by atoms with van der Waals surface area (Å²) in [5, 5.41) is 0. The lowest BCUT2D eigenvalue weighted by Crippen LogP contribution is -2.19. The number of hydrogen-bond donors (Lipinski definition) is 0. The Hall–Kier alpha value is -1.18. The van der Waals surface area contributed by atoms with Crippen LogP contribution in [0, 0.1) is 0 Å². The zero-order valence-corrected chi connectivity index (χ0v) is 6.91. The molecule has 0 amide bonds. The predicted octanol–water partition coefficient (Wildman–Crippen LogP) is 1.16. The van der Waals surface area contributed by atoms with Crippen LogP contribution in [0.5, 0.6) is 0 Å². The monoisotopic (exact) mass is 148 g/mol. The van der Waals surface area contributed by atoms with E-state index in [1.807, 2.05) is 0 Å². The SMILES string of the molecule is CN1C=CC=C2C1=CCN2C. The smallest absolute Gasteiger partial charge is 0.0618 e. The molecule has 0 N–H and O–H groups in total. The molecule has 0 bridgehead atoms. The minimum absolute atomic E-state index is 1.03. The van der Waals surface area contributed by atoms with Crippen LogP contribution in [0.2, 0.25) is 0 Å². The van der Waals surface area contributed by atoms with E-state index in [2.05, 4.69) is 48.3 Å². The van der Waals surface area contributed by atoms with E-state index in [-0.39, 0.29) is 0 Å². The Balaban J connectivity index is 2.38. The summed E-state index contributed by atoms with van der Waals surface area (Å²) >= 11 is 0. The maximum Gasteiger partial charge on any atom is 0.0618 e. The van der Waals surface area contributed by atoms with Crippen molar-refractivity contribution >= 4 is 0 Å². The quantitative estimate of drug-likeness (QED) is 0.508. The summed E-state index contributed by atoms with van der Waals surface area (Å²) in [5.41, 5.74) is 2.66. The van der Waals surface area contributed by atoms with Crippen molar-refractivity contribution in [1.82, 2.24) is 9.80 Å². The van der Waals surface area contributed by atoms with Gasteiger partial charge in [-0.1, -0.05) is 0 Å². The average Bonchev–Trinajstić information content (AvgIpc) is 2.35. The first-order valence-corrected chi connectivity index (χ1v) is 3.82. The van der Waals surface area contributed by atoms with Crippen LogP contribution in [0.25, 0.3) is 0 Å². The summed E-state index contributed by atoms with van der Waals surface area (Å²) < 4.78 is 0. The zero-order valence-electron chi connectivity index (χ0n) is 6.91. The molecule has 58 valence electrons. The molecule has 2 nitrogen and oxygen atoms in total. The number of hydrogen-bond acceptors (Lipinski definition) is 2. The van der Waals surface area contributed by atoms with Crippen molar-refractivity contribution in [3.05, 3.63) is 35.8 Å². The van der Waals surface area contributed by atoms with E-state index < -0.39 is 0 Å². The van der Waals surface area contributed by atoms with Gasteiger partial charge in [-0.25, -0.2) is 0 Å². The molecular formula is C9H12N2. The van der Waals surface area contributed by atoms with Crippen molar-refractivity contribution in [3.8, 4) is 0 Å².